The Morgan fingerprint density at radius 3 is 2.83 bits per heavy atom. The number of hydrogen-bond donors (Lipinski definition) is 2. The molecule has 0 saturated heterocycles. The van der Waals surface area contributed by atoms with Gasteiger partial charge < -0.3 is 10.4 Å². The molecule has 0 radical (unpaired) electrons. The average molecular weight is 250 g/mol. The fourth-order valence-corrected chi connectivity index (χ4v) is 1.65. The number of aliphatic hydroxyl groups excluding tert-OH is 1. The fourth-order valence-electron chi connectivity index (χ4n) is 1.65. The number of pyridine rings is 1. The van der Waals surface area contributed by atoms with E-state index >= 15 is 0 Å². The number of nitrogens with one attached hydrogen (secondary N) is 1. The maximum Gasteiger partial charge on any atom is 0.226 e. The zero-order valence-corrected chi connectivity index (χ0v) is 11.4. The van der Waals surface area contributed by atoms with Gasteiger partial charge in [-0.05, 0) is 30.4 Å². The predicted molar refractivity (Wildman–Crippen MR) is 71.2 cm³/mol. The summed E-state index contributed by atoms with van der Waals surface area (Å²) >= 11 is 0. The first-order valence-electron chi connectivity index (χ1n) is 6.23. The highest BCUT2D eigenvalue weighted by atomic mass is 16.3. The molecule has 0 spiro atoms. The van der Waals surface area contributed by atoms with Gasteiger partial charge in [-0.25, -0.2) is 0 Å². The molecule has 100 valence electrons. The van der Waals surface area contributed by atoms with E-state index in [1.165, 1.54) is 0 Å². The maximum atomic E-state index is 11.8. The van der Waals surface area contributed by atoms with Gasteiger partial charge in [0.15, 0.2) is 0 Å². The highest BCUT2D eigenvalue weighted by molar-refractivity contribution is 5.78. The maximum absolute atomic E-state index is 11.8. The monoisotopic (exact) mass is 250 g/mol. The molecule has 0 aliphatic heterocycles. The van der Waals surface area contributed by atoms with E-state index in [4.69, 9.17) is 5.11 Å². The van der Waals surface area contributed by atoms with Crippen LogP contribution in [0.2, 0.25) is 0 Å². The number of aryl methyl sites for hydroxylation is 1. The van der Waals surface area contributed by atoms with Gasteiger partial charge in [-0.15, -0.1) is 0 Å². The molecule has 18 heavy (non-hydrogen) atoms. The lowest BCUT2D eigenvalue weighted by molar-refractivity contribution is -0.121. The summed E-state index contributed by atoms with van der Waals surface area (Å²) in [5.41, 5.74) is 1.76. The van der Waals surface area contributed by atoms with Crippen molar-refractivity contribution in [3.8, 4) is 0 Å². The van der Waals surface area contributed by atoms with Crippen molar-refractivity contribution in [2.75, 3.05) is 13.2 Å². The minimum atomic E-state index is -0.0798. The van der Waals surface area contributed by atoms with Crippen molar-refractivity contribution in [1.29, 1.82) is 0 Å². The molecule has 1 aromatic heterocycles. The van der Waals surface area contributed by atoms with Crippen LogP contribution in [0.4, 0.5) is 0 Å². The Morgan fingerprint density at radius 2 is 2.22 bits per heavy atom. The summed E-state index contributed by atoms with van der Waals surface area (Å²) in [6, 6.07) is 3.81. The fraction of sp³-hybridized carbons (Fsp3) is 0.571. The van der Waals surface area contributed by atoms with Gasteiger partial charge in [0.25, 0.3) is 0 Å². The first-order chi connectivity index (χ1) is 8.44. The molecule has 1 aromatic rings. The average Bonchev–Trinajstić information content (AvgIpc) is 2.30. The summed E-state index contributed by atoms with van der Waals surface area (Å²) in [7, 11) is 0. The molecule has 0 bridgehead atoms. The Labute approximate surface area is 108 Å². The first-order valence-corrected chi connectivity index (χ1v) is 6.23. The van der Waals surface area contributed by atoms with Gasteiger partial charge in [0, 0.05) is 19.3 Å². The number of nitrogens with zero attached hydrogens (tertiary/aromatic N) is 1. The molecule has 0 unspecified atom stereocenters. The van der Waals surface area contributed by atoms with Crippen LogP contribution < -0.4 is 5.32 Å². The topological polar surface area (TPSA) is 62.2 Å². The number of rotatable bonds is 6. The van der Waals surface area contributed by atoms with Crippen molar-refractivity contribution >= 4 is 5.91 Å². The third kappa shape index (κ3) is 4.84. The van der Waals surface area contributed by atoms with E-state index in [0.29, 0.717) is 19.4 Å². The molecule has 1 amide bonds. The summed E-state index contributed by atoms with van der Waals surface area (Å²) < 4.78 is 0. The third-order valence-electron chi connectivity index (χ3n) is 3.00. The molecule has 0 saturated carbocycles. The van der Waals surface area contributed by atoms with Gasteiger partial charge >= 0.3 is 0 Å². The third-order valence-corrected chi connectivity index (χ3v) is 3.00. The lowest BCUT2D eigenvalue weighted by Gasteiger charge is -2.23. The molecule has 0 fully saturated rings. The Balaban J connectivity index is 2.46. The molecule has 1 heterocycles. The number of aliphatic hydroxyl groups is 1. The second-order valence-corrected chi connectivity index (χ2v) is 5.36. The van der Waals surface area contributed by atoms with Crippen molar-refractivity contribution in [3.63, 3.8) is 0 Å². The molecule has 2 N–H and O–H groups in total. The molecule has 4 nitrogen and oxygen atoms in total. The van der Waals surface area contributed by atoms with Crippen LogP contribution in [0.1, 0.15) is 31.5 Å². The van der Waals surface area contributed by atoms with Crippen LogP contribution in [0.25, 0.3) is 0 Å². The lowest BCUT2D eigenvalue weighted by Crippen LogP contribution is -2.35. The highest BCUT2D eigenvalue weighted by Gasteiger charge is 2.18. The van der Waals surface area contributed by atoms with Crippen LogP contribution >= 0.6 is 0 Å². The number of aromatic nitrogens is 1. The van der Waals surface area contributed by atoms with E-state index in [1.54, 1.807) is 6.20 Å². The molecule has 1 rings (SSSR count). The van der Waals surface area contributed by atoms with Gasteiger partial charge in [0.2, 0.25) is 5.91 Å². The van der Waals surface area contributed by atoms with Crippen molar-refractivity contribution < 1.29 is 9.90 Å². The quantitative estimate of drug-likeness (QED) is 0.803. The van der Waals surface area contributed by atoms with Crippen LogP contribution in [0.5, 0.6) is 0 Å². The molecule has 4 heteroatoms. The zero-order chi connectivity index (χ0) is 13.6. The van der Waals surface area contributed by atoms with Gasteiger partial charge in [0.1, 0.15) is 0 Å². The van der Waals surface area contributed by atoms with Crippen molar-refractivity contribution in [2.24, 2.45) is 5.41 Å². The number of carbonyl (C=O) groups is 1. The van der Waals surface area contributed by atoms with Crippen LogP contribution in [0, 0.1) is 12.3 Å². The molecule has 0 aliphatic carbocycles. The summed E-state index contributed by atoms with van der Waals surface area (Å²) in [4.78, 5) is 16.0. The van der Waals surface area contributed by atoms with E-state index in [1.807, 2.05) is 32.9 Å². The summed E-state index contributed by atoms with van der Waals surface area (Å²) in [6.07, 6.45) is 2.68. The van der Waals surface area contributed by atoms with Crippen LogP contribution in [0.3, 0.4) is 0 Å². The smallest absolute Gasteiger partial charge is 0.226 e. The second-order valence-electron chi connectivity index (χ2n) is 5.36. The second kappa shape index (κ2) is 6.50. The molecule has 0 aliphatic rings. The normalized spacial score (nSPS) is 11.3. The summed E-state index contributed by atoms with van der Waals surface area (Å²) in [5.74, 6) is -0.0252. The first kappa shape index (κ1) is 14.6. The van der Waals surface area contributed by atoms with Crippen molar-refractivity contribution in [2.45, 2.75) is 33.6 Å². The molecule has 0 aromatic carbocycles. The molecular weight excluding hydrogens is 228 g/mol. The van der Waals surface area contributed by atoms with E-state index < -0.39 is 0 Å². The lowest BCUT2D eigenvalue weighted by atomic mass is 9.90. The largest absolute Gasteiger partial charge is 0.396 e. The van der Waals surface area contributed by atoms with Crippen LogP contribution in [0.15, 0.2) is 18.3 Å². The molecular formula is C14H22N2O2. The number of hydrogen-bond acceptors (Lipinski definition) is 3. The van der Waals surface area contributed by atoms with Crippen molar-refractivity contribution in [3.05, 3.63) is 29.6 Å². The summed E-state index contributed by atoms with van der Waals surface area (Å²) in [5, 5.41) is 11.8. The van der Waals surface area contributed by atoms with Crippen LogP contribution in [-0.2, 0) is 11.2 Å². The summed E-state index contributed by atoms with van der Waals surface area (Å²) in [6.45, 7) is 6.71. The van der Waals surface area contributed by atoms with E-state index in [0.717, 1.165) is 11.3 Å². The number of amides is 1. The van der Waals surface area contributed by atoms with E-state index in [2.05, 4.69) is 10.3 Å². The van der Waals surface area contributed by atoms with Crippen molar-refractivity contribution in [1.82, 2.24) is 10.3 Å². The predicted octanol–water partition coefficient (Wildman–Crippen LogP) is 1.46. The zero-order valence-electron chi connectivity index (χ0n) is 11.4. The van der Waals surface area contributed by atoms with Gasteiger partial charge in [0.05, 0.1) is 12.1 Å². The minimum absolute atomic E-state index is 0.0252. The van der Waals surface area contributed by atoms with Gasteiger partial charge in [-0.3, -0.25) is 9.78 Å². The van der Waals surface area contributed by atoms with E-state index in [9.17, 15) is 4.79 Å². The van der Waals surface area contributed by atoms with Crippen LogP contribution in [-0.4, -0.2) is 29.1 Å². The highest BCUT2D eigenvalue weighted by Crippen LogP contribution is 2.17. The Morgan fingerprint density at radius 1 is 1.50 bits per heavy atom. The minimum Gasteiger partial charge on any atom is -0.396 e. The Hall–Kier alpha value is -1.42. The van der Waals surface area contributed by atoms with Gasteiger partial charge in [-0.2, -0.15) is 0 Å². The standard InChI is InChI=1S/C14H22N2O2/c1-11-5-4-7-15-12(11)9-13(18)16-10-14(2,3)6-8-17/h4-5,7,17H,6,8-10H2,1-3H3,(H,16,18). The Kier molecular flexibility index (Phi) is 5.28. The SMILES string of the molecule is Cc1cccnc1CC(=O)NCC(C)(C)CCO. The molecule has 0 atom stereocenters. The Bertz CT molecular complexity index is 403. The number of carbonyl (C=O) groups excluding carboxylic acids is 1. The van der Waals surface area contributed by atoms with Gasteiger partial charge in [-0.1, -0.05) is 19.9 Å². The van der Waals surface area contributed by atoms with E-state index in [-0.39, 0.29) is 17.9 Å².